The zero-order valence-electron chi connectivity index (χ0n) is 19.1. The first-order chi connectivity index (χ1) is 16.0. The summed E-state index contributed by atoms with van der Waals surface area (Å²) in [4.78, 5) is 28.1. The number of ether oxygens (including phenoxy) is 1. The van der Waals surface area contributed by atoms with Crippen molar-refractivity contribution >= 4 is 17.5 Å². The Balaban J connectivity index is 1.59. The number of aryl methyl sites for hydroxylation is 1. The second-order valence-electron chi connectivity index (χ2n) is 8.17. The molecule has 172 valence electrons. The van der Waals surface area contributed by atoms with Crippen LogP contribution in [0.3, 0.4) is 0 Å². The maximum Gasteiger partial charge on any atom is 0.230 e. The summed E-state index contributed by atoms with van der Waals surface area (Å²) < 4.78 is 6.84. The average Bonchev–Trinajstić information content (AvgIpc) is 3.40. The number of nitrogens with zero attached hydrogens (tertiary/aromatic N) is 5. The van der Waals surface area contributed by atoms with Gasteiger partial charge in [0.15, 0.2) is 5.82 Å². The average molecular weight is 449 g/mol. The minimum absolute atomic E-state index is 0.00308. The maximum absolute atomic E-state index is 13.4. The summed E-state index contributed by atoms with van der Waals surface area (Å²) in [6.45, 7) is 2.72. The first kappa shape index (κ1) is 22.4. The molecule has 0 aliphatic carbocycles. The summed E-state index contributed by atoms with van der Waals surface area (Å²) >= 11 is 0. The molecule has 0 bridgehead atoms. The lowest BCUT2D eigenvalue weighted by Gasteiger charge is -2.28. The van der Waals surface area contributed by atoms with E-state index in [1.54, 1.807) is 18.8 Å². The van der Waals surface area contributed by atoms with Crippen LogP contribution in [0.5, 0.6) is 5.75 Å². The topological polar surface area (TPSA) is 102 Å². The van der Waals surface area contributed by atoms with E-state index in [0.717, 1.165) is 29.7 Å². The van der Waals surface area contributed by atoms with E-state index in [1.165, 1.54) is 0 Å². The minimum Gasteiger partial charge on any atom is -0.497 e. The molecule has 2 amide bonds. The van der Waals surface area contributed by atoms with Gasteiger partial charge in [-0.25, -0.2) is 4.68 Å². The summed E-state index contributed by atoms with van der Waals surface area (Å²) in [7, 11) is 3.37. The Kier molecular flexibility index (Phi) is 6.67. The third kappa shape index (κ3) is 4.72. The number of carbonyl (C=O) groups excluding carboxylic acids is 2. The molecule has 9 nitrogen and oxygen atoms in total. The number of amides is 2. The van der Waals surface area contributed by atoms with Crippen molar-refractivity contribution in [3.05, 3.63) is 54.1 Å². The highest BCUT2D eigenvalue weighted by Gasteiger charge is 2.44. The van der Waals surface area contributed by atoms with Crippen molar-refractivity contribution in [3.8, 4) is 17.1 Å². The first-order valence-corrected chi connectivity index (χ1v) is 11.1. The van der Waals surface area contributed by atoms with Crippen LogP contribution < -0.4 is 10.1 Å². The lowest BCUT2D eigenvalue weighted by atomic mass is 9.92. The number of nitrogens with one attached hydrogen (secondary N) is 1. The van der Waals surface area contributed by atoms with Crippen LogP contribution in [-0.4, -0.2) is 50.6 Å². The van der Waals surface area contributed by atoms with Gasteiger partial charge in [0.25, 0.3) is 0 Å². The normalized spacial score (nSPS) is 17.9. The Bertz CT molecular complexity index is 1130. The summed E-state index contributed by atoms with van der Waals surface area (Å²) in [6, 6.07) is 14.7. The fraction of sp³-hybridized carbons (Fsp3) is 0.375. The lowest BCUT2D eigenvalue weighted by molar-refractivity contribution is -0.129. The van der Waals surface area contributed by atoms with Gasteiger partial charge in [-0.2, -0.15) is 0 Å². The van der Waals surface area contributed by atoms with Crippen molar-refractivity contribution in [2.75, 3.05) is 19.0 Å². The van der Waals surface area contributed by atoms with Gasteiger partial charge in [-0.15, -0.1) is 5.10 Å². The lowest BCUT2D eigenvalue weighted by Crippen LogP contribution is -2.33. The van der Waals surface area contributed by atoms with Gasteiger partial charge >= 0.3 is 0 Å². The first-order valence-electron chi connectivity index (χ1n) is 11.1. The number of benzene rings is 2. The van der Waals surface area contributed by atoms with E-state index in [0.29, 0.717) is 18.1 Å². The Morgan fingerprint density at radius 3 is 2.67 bits per heavy atom. The van der Waals surface area contributed by atoms with Crippen LogP contribution >= 0.6 is 0 Å². The molecular formula is C24H28N6O3. The molecule has 0 unspecified atom stereocenters. The molecule has 1 fully saturated rings. The van der Waals surface area contributed by atoms with Gasteiger partial charge in [-0.05, 0) is 46.7 Å². The quantitative estimate of drug-likeness (QED) is 0.568. The van der Waals surface area contributed by atoms with E-state index < -0.39 is 5.92 Å². The largest absolute Gasteiger partial charge is 0.497 e. The third-order valence-electron chi connectivity index (χ3n) is 5.99. The predicted octanol–water partition coefficient (Wildman–Crippen LogP) is 3.21. The van der Waals surface area contributed by atoms with Crippen LogP contribution in [0.2, 0.25) is 0 Å². The molecule has 9 heteroatoms. The van der Waals surface area contributed by atoms with E-state index >= 15 is 0 Å². The van der Waals surface area contributed by atoms with E-state index in [1.807, 2.05) is 53.4 Å². The van der Waals surface area contributed by atoms with Crippen LogP contribution in [0.4, 0.5) is 5.69 Å². The molecule has 0 radical (unpaired) electrons. The molecule has 1 aliphatic heterocycles. The molecule has 2 heterocycles. The zero-order chi connectivity index (χ0) is 23.4. The van der Waals surface area contributed by atoms with Crippen molar-refractivity contribution in [3.63, 3.8) is 0 Å². The number of aromatic nitrogens is 4. The highest BCUT2D eigenvalue weighted by atomic mass is 16.5. The highest BCUT2D eigenvalue weighted by Crippen LogP contribution is 2.39. The Hall–Kier alpha value is -3.75. The molecule has 1 N–H and O–H groups in total. The Morgan fingerprint density at radius 1 is 1.21 bits per heavy atom. The van der Waals surface area contributed by atoms with Crippen LogP contribution in [0.1, 0.15) is 37.8 Å². The number of likely N-dealkylation sites (tertiary alicyclic amines) is 1. The van der Waals surface area contributed by atoms with E-state index in [4.69, 9.17) is 4.74 Å². The molecule has 0 saturated carbocycles. The SMILES string of the molecule is CCCCN1C(=O)C[C@@H](C(=O)Nc2cccc(-c3nnnn3C)c2)[C@H]1c1ccc(OC)cc1. The van der Waals surface area contributed by atoms with E-state index in [-0.39, 0.29) is 24.3 Å². The van der Waals surface area contributed by atoms with Gasteiger partial charge in [-0.3, -0.25) is 9.59 Å². The molecule has 2 atom stereocenters. The summed E-state index contributed by atoms with van der Waals surface area (Å²) in [5.74, 6) is 0.658. The van der Waals surface area contributed by atoms with Gasteiger partial charge in [0, 0.05) is 31.3 Å². The summed E-state index contributed by atoms with van der Waals surface area (Å²) in [5, 5.41) is 14.6. The zero-order valence-corrected chi connectivity index (χ0v) is 19.1. The molecule has 1 saturated heterocycles. The molecule has 33 heavy (non-hydrogen) atoms. The number of rotatable bonds is 8. The van der Waals surface area contributed by atoms with Gasteiger partial charge in [0.1, 0.15) is 5.75 Å². The number of tetrazole rings is 1. The Labute approximate surface area is 192 Å². The smallest absolute Gasteiger partial charge is 0.230 e. The van der Waals surface area contributed by atoms with Gasteiger partial charge in [0.05, 0.1) is 19.1 Å². The second kappa shape index (κ2) is 9.81. The number of anilines is 1. The number of hydrogen-bond acceptors (Lipinski definition) is 6. The molecule has 4 rings (SSSR count). The molecule has 0 spiro atoms. The summed E-state index contributed by atoms with van der Waals surface area (Å²) in [5.41, 5.74) is 2.35. The van der Waals surface area contributed by atoms with Crippen molar-refractivity contribution in [1.29, 1.82) is 0 Å². The maximum atomic E-state index is 13.4. The van der Waals surface area contributed by atoms with Crippen LogP contribution in [0.25, 0.3) is 11.4 Å². The van der Waals surface area contributed by atoms with Gasteiger partial charge in [-0.1, -0.05) is 37.6 Å². The van der Waals surface area contributed by atoms with Crippen molar-refractivity contribution in [1.82, 2.24) is 25.1 Å². The standard InChI is InChI=1S/C24H28N6O3/c1-4-5-13-30-21(31)15-20(22(30)16-9-11-19(33-3)12-10-16)24(32)25-18-8-6-7-17(14-18)23-26-27-28-29(23)2/h6-12,14,20,22H,4-5,13,15H2,1-3H3,(H,25,32)/t20-,22-/m1/s1. The number of unbranched alkanes of at least 4 members (excludes halogenated alkanes) is 1. The molecular weight excluding hydrogens is 420 g/mol. The molecule has 2 aromatic carbocycles. The van der Waals surface area contributed by atoms with E-state index in [2.05, 4.69) is 27.8 Å². The van der Waals surface area contributed by atoms with E-state index in [9.17, 15) is 9.59 Å². The summed E-state index contributed by atoms with van der Waals surface area (Å²) in [6.07, 6.45) is 2.04. The van der Waals surface area contributed by atoms with Crippen molar-refractivity contribution in [2.24, 2.45) is 13.0 Å². The van der Waals surface area contributed by atoms with Crippen molar-refractivity contribution in [2.45, 2.75) is 32.2 Å². The highest BCUT2D eigenvalue weighted by molar-refractivity contribution is 5.98. The monoisotopic (exact) mass is 448 g/mol. The molecule has 1 aliphatic rings. The molecule has 3 aromatic rings. The Morgan fingerprint density at radius 2 is 2.00 bits per heavy atom. The van der Waals surface area contributed by atoms with Gasteiger partial charge < -0.3 is 15.0 Å². The van der Waals surface area contributed by atoms with Crippen LogP contribution in [0.15, 0.2) is 48.5 Å². The van der Waals surface area contributed by atoms with Crippen LogP contribution in [0, 0.1) is 5.92 Å². The third-order valence-corrected chi connectivity index (χ3v) is 5.99. The van der Waals surface area contributed by atoms with Gasteiger partial charge in [0.2, 0.25) is 11.8 Å². The number of carbonyl (C=O) groups is 2. The predicted molar refractivity (Wildman–Crippen MR) is 123 cm³/mol. The second-order valence-corrected chi connectivity index (χ2v) is 8.17. The fourth-order valence-electron chi connectivity index (χ4n) is 4.28. The van der Waals surface area contributed by atoms with Crippen LogP contribution in [-0.2, 0) is 16.6 Å². The fourth-order valence-corrected chi connectivity index (χ4v) is 4.28. The number of methoxy groups -OCH3 is 1. The molecule has 1 aromatic heterocycles. The minimum atomic E-state index is -0.497. The van der Waals surface area contributed by atoms with Crippen molar-refractivity contribution < 1.29 is 14.3 Å². The number of hydrogen-bond donors (Lipinski definition) is 1.